The van der Waals surface area contributed by atoms with Gasteiger partial charge in [0.05, 0.1) is 11.8 Å². The van der Waals surface area contributed by atoms with Crippen molar-refractivity contribution in [1.82, 2.24) is 14.1 Å². The second-order valence-electron chi connectivity index (χ2n) is 6.52. The molecule has 1 fully saturated rings. The molecule has 0 spiro atoms. The van der Waals surface area contributed by atoms with Crippen LogP contribution in [-0.2, 0) is 16.6 Å². The van der Waals surface area contributed by atoms with Crippen molar-refractivity contribution in [2.24, 2.45) is 0 Å². The van der Waals surface area contributed by atoms with Crippen LogP contribution in [0.2, 0.25) is 0 Å². The summed E-state index contributed by atoms with van der Waals surface area (Å²) in [6, 6.07) is 8.26. The van der Waals surface area contributed by atoms with Gasteiger partial charge in [-0.25, -0.2) is 13.2 Å². The topological polar surface area (TPSA) is 92.5 Å². The summed E-state index contributed by atoms with van der Waals surface area (Å²) in [5.74, 6) is -0.905. The van der Waals surface area contributed by atoms with E-state index in [2.05, 4.69) is 5.10 Å². The SMILES string of the molecule is CCCn1nccc1S(=O)(=O)N1CCCC(c2ccc(C(=O)O)cc2)C1. The molecule has 0 bridgehead atoms. The molecule has 2 heterocycles. The lowest BCUT2D eigenvalue weighted by atomic mass is 9.91. The van der Waals surface area contributed by atoms with E-state index in [1.807, 2.05) is 6.92 Å². The van der Waals surface area contributed by atoms with E-state index in [0.29, 0.717) is 19.6 Å². The molecule has 0 radical (unpaired) electrons. The van der Waals surface area contributed by atoms with Gasteiger partial charge in [-0.15, -0.1) is 0 Å². The summed E-state index contributed by atoms with van der Waals surface area (Å²) >= 11 is 0. The van der Waals surface area contributed by atoms with Gasteiger partial charge >= 0.3 is 5.97 Å². The zero-order valence-corrected chi connectivity index (χ0v) is 15.5. The van der Waals surface area contributed by atoms with Crippen molar-refractivity contribution in [2.75, 3.05) is 13.1 Å². The van der Waals surface area contributed by atoms with Gasteiger partial charge < -0.3 is 5.11 Å². The third-order valence-electron chi connectivity index (χ3n) is 4.73. The average molecular weight is 377 g/mol. The fraction of sp³-hybridized carbons (Fsp3) is 0.444. The van der Waals surface area contributed by atoms with Crippen LogP contribution in [0.25, 0.3) is 0 Å². The first kappa shape index (κ1) is 18.6. The third-order valence-corrected chi connectivity index (χ3v) is 6.62. The van der Waals surface area contributed by atoms with E-state index in [4.69, 9.17) is 5.11 Å². The molecule has 1 aliphatic rings. The number of sulfonamides is 1. The highest BCUT2D eigenvalue weighted by Gasteiger charge is 2.32. The van der Waals surface area contributed by atoms with Crippen molar-refractivity contribution < 1.29 is 18.3 Å². The van der Waals surface area contributed by atoms with Gasteiger partial charge in [-0.1, -0.05) is 19.1 Å². The van der Waals surface area contributed by atoms with Crippen LogP contribution in [0.4, 0.5) is 0 Å². The van der Waals surface area contributed by atoms with Crippen LogP contribution in [0.3, 0.4) is 0 Å². The van der Waals surface area contributed by atoms with Gasteiger partial charge in [-0.3, -0.25) is 4.68 Å². The first-order chi connectivity index (χ1) is 12.4. The lowest BCUT2D eigenvalue weighted by Gasteiger charge is -2.32. The van der Waals surface area contributed by atoms with E-state index in [9.17, 15) is 13.2 Å². The maximum absolute atomic E-state index is 13.1. The summed E-state index contributed by atoms with van der Waals surface area (Å²) in [7, 11) is -3.59. The monoisotopic (exact) mass is 377 g/mol. The Morgan fingerprint density at radius 3 is 2.65 bits per heavy atom. The second kappa shape index (κ2) is 7.59. The molecule has 1 aromatic heterocycles. The lowest BCUT2D eigenvalue weighted by Crippen LogP contribution is -2.39. The van der Waals surface area contributed by atoms with Crippen LogP contribution < -0.4 is 0 Å². The Hall–Kier alpha value is -2.19. The van der Waals surface area contributed by atoms with Crippen molar-refractivity contribution >= 4 is 16.0 Å². The predicted molar refractivity (Wildman–Crippen MR) is 96.7 cm³/mol. The zero-order valence-electron chi connectivity index (χ0n) is 14.7. The number of hydrogen-bond acceptors (Lipinski definition) is 4. The summed E-state index contributed by atoms with van der Waals surface area (Å²) in [5, 5.41) is 13.4. The Balaban J connectivity index is 1.81. The molecule has 8 heteroatoms. The number of carbonyl (C=O) groups is 1. The van der Waals surface area contributed by atoms with Crippen LogP contribution in [-0.4, -0.2) is 46.7 Å². The summed E-state index contributed by atoms with van der Waals surface area (Å²) < 4.78 is 29.2. The molecule has 1 N–H and O–H groups in total. The molecule has 26 heavy (non-hydrogen) atoms. The number of carboxylic acid groups (broad SMARTS) is 1. The number of aryl methyl sites for hydroxylation is 1. The van der Waals surface area contributed by atoms with Gasteiger partial charge in [0, 0.05) is 19.6 Å². The van der Waals surface area contributed by atoms with Crippen LogP contribution in [0, 0.1) is 0 Å². The Morgan fingerprint density at radius 2 is 2.00 bits per heavy atom. The molecule has 1 aliphatic heterocycles. The smallest absolute Gasteiger partial charge is 0.335 e. The Bertz CT molecular complexity index is 874. The average Bonchev–Trinajstić information content (AvgIpc) is 3.11. The molecular formula is C18H23N3O4S. The minimum absolute atomic E-state index is 0.0592. The molecule has 1 aromatic carbocycles. The number of benzene rings is 1. The number of carboxylic acids is 1. The van der Waals surface area contributed by atoms with Crippen LogP contribution in [0.5, 0.6) is 0 Å². The largest absolute Gasteiger partial charge is 0.478 e. The van der Waals surface area contributed by atoms with E-state index >= 15 is 0 Å². The van der Waals surface area contributed by atoms with E-state index in [1.54, 1.807) is 35.0 Å². The molecule has 1 atom stereocenters. The predicted octanol–water partition coefficient (Wildman–Crippen LogP) is 2.56. The second-order valence-corrected chi connectivity index (χ2v) is 8.41. The normalized spacial score (nSPS) is 18.7. The Labute approximate surface area is 153 Å². The van der Waals surface area contributed by atoms with Crippen LogP contribution in [0.15, 0.2) is 41.6 Å². The van der Waals surface area contributed by atoms with Crippen molar-refractivity contribution in [3.05, 3.63) is 47.7 Å². The van der Waals surface area contributed by atoms with Crippen molar-refractivity contribution in [2.45, 2.75) is 43.7 Å². The summed E-state index contributed by atoms with van der Waals surface area (Å²) in [5.41, 5.74) is 1.20. The van der Waals surface area contributed by atoms with Crippen LogP contribution >= 0.6 is 0 Å². The summed E-state index contributed by atoms with van der Waals surface area (Å²) in [6.45, 7) is 3.43. The van der Waals surface area contributed by atoms with E-state index in [0.717, 1.165) is 24.8 Å². The molecule has 0 saturated carbocycles. The number of aromatic nitrogens is 2. The highest BCUT2D eigenvalue weighted by molar-refractivity contribution is 7.89. The molecular weight excluding hydrogens is 354 g/mol. The first-order valence-electron chi connectivity index (χ1n) is 8.78. The Morgan fingerprint density at radius 1 is 1.27 bits per heavy atom. The van der Waals surface area contributed by atoms with Gasteiger partial charge in [-0.05, 0) is 48.9 Å². The van der Waals surface area contributed by atoms with Crippen LogP contribution in [0.1, 0.15) is 48.0 Å². The summed E-state index contributed by atoms with van der Waals surface area (Å²) in [6.07, 6.45) is 3.98. The molecule has 3 rings (SSSR count). The van der Waals surface area contributed by atoms with Crippen molar-refractivity contribution in [1.29, 1.82) is 0 Å². The molecule has 0 aliphatic carbocycles. The van der Waals surface area contributed by atoms with Gasteiger partial charge in [0.1, 0.15) is 0 Å². The van der Waals surface area contributed by atoms with Gasteiger partial charge in [-0.2, -0.15) is 9.40 Å². The van der Waals surface area contributed by atoms with Crippen molar-refractivity contribution in [3.63, 3.8) is 0 Å². The number of hydrogen-bond donors (Lipinski definition) is 1. The number of nitrogens with zero attached hydrogens (tertiary/aromatic N) is 3. The fourth-order valence-electron chi connectivity index (χ4n) is 3.38. The van der Waals surface area contributed by atoms with E-state index in [-0.39, 0.29) is 16.5 Å². The zero-order chi connectivity index (χ0) is 18.7. The standard InChI is InChI=1S/C18H23N3O4S/c1-2-11-21-17(9-10-19-21)26(24,25)20-12-3-4-16(13-20)14-5-7-15(8-6-14)18(22)23/h5-10,16H,2-4,11-13H2,1H3,(H,22,23). The molecule has 7 nitrogen and oxygen atoms in total. The minimum atomic E-state index is -3.59. The number of piperidine rings is 1. The molecule has 1 saturated heterocycles. The number of rotatable bonds is 6. The van der Waals surface area contributed by atoms with E-state index < -0.39 is 16.0 Å². The molecule has 140 valence electrons. The Kier molecular flexibility index (Phi) is 5.43. The maximum Gasteiger partial charge on any atom is 0.335 e. The lowest BCUT2D eigenvalue weighted by molar-refractivity contribution is 0.0697. The third kappa shape index (κ3) is 3.66. The van der Waals surface area contributed by atoms with Gasteiger partial charge in [0.2, 0.25) is 0 Å². The van der Waals surface area contributed by atoms with E-state index in [1.165, 1.54) is 10.5 Å². The summed E-state index contributed by atoms with van der Waals surface area (Å²) in [4.78, 5) is 11.0. The highest BCUT2D eigenvalue weighted by atomic mass is 32.2. The first-order valence-corrected chi connectivity index (χ1v) is 10.2. The molecule has 2 aromatic rings. The molecule has 1 unspecified atom stereocenters. The maximum atomic E-state index is 13.1. The van der Waals surface area contributed by atoms with Crippen molar-refractivity contribution in [3.8, 4) is 0 Å². The van der Waals surface area contributed by atoms with Gasteiger partial charge in [0.25, 0.3) is 10.0 Å². The minimum Gasteiger partial charge on any atom is -0.478 e. The molecule has 0 amide bonds. The van der Waals surface area contributed by atoms with Gasteiger partial charge in [0.15, 0.2) is 5.03 Å². The number of aromatic carboxylic acids is 1. The highest BCUT2D eigenvalue weighted by Crippen LogP contribution is 2.30. The quantitative estimate of drug-likeness (QED) is 0.835. The fourth-order valence-corrected chi connectivity index (χ4v) is 5.03.